The minimum atomic E-state index is -0.281. The molecule has 1 atom stereocenters. The van der Waals surface area contributed by atoms with Crippen molar-refractivity contribution >= 4 is 0 Å². The smallest absolute Gasteiger partial charge is 0.0832 e. The highest BCUT2D eigenvalue weighted by Gasteiger charge is 2.31. The van der Waals surface area contributed by atoms with Crippen molar-refractivity contribution < 1.29 is 5.11 Å². The molecule has 3 nitrogen and oxygen atoms in total. The van der Waals surface area contributed by atoms with E-state index >= 15 is 0 Å². The number of nitrogens with zero attached hydrogens (tertiary/aromatic N) is 2. The molecule has 0 aliphatic heterocycles. The van der Waals surface area contributed by atoms with Crippen molar-refractivity contribution in [3.63, 3.8) is 0 Å². The second-order valence-corrected chi connectivity index (χ2v) is 5.17. The third-order valence-electron chi connectivity index (χ3n) is 3.47. The summed E-state index contributed by atoms with van der Waals surface area (Å²) in [7, 11) is 0. The summed E-state index contributed by atoms with van der Waals surface area (Å²) in [5, 5.41) is 10.1. The second-order valence-electron chi connectivity index (χ2n) is 5.17. The molecule has 1 unspecified atom stereocenters. The lowest BCUT2D eigenvalue weighted by atomic mass is 10.1. The molecule has 0 saturated heterocycles. The van der Waals surface area contributed by atoms with E-state index in [1.807, 2.05) is 43.6 Å². The van der Waals surface area contributed by atoms with Gasteiger partial charge in [-0.1, -0.05) is 6.07 Å². The lowest BCUT2D eigenvalue weighted by Crippen LogP contribution is -2.01. The fraction of sp³-hybridized carbons (Fsp3) is 0.400. The molecule has 1 fully saturated rings. The van der Waals surface area contributed by atoms with Gasteiger partial charge < -0.3 is 9.67 Å². The van der Waals surface area contributed by atoms with Crippen LogP contribution in [0.1, 0.15) is 35.9 Å². The third kappa shape index (κ3) is 2.46. The van der Waals surface area contributed by atoms with Crippen LogP contribution in [0.5, 0.6) is 0 Å². The summed E-state index contributed by atoms with van der Waals surface area (Å²) in [4.78, 5) is 4.49. The normalized spacial score (nSPS) is 16.8. The van der Waals surface area contributed by atoms with E-state index in [1.54, 1.807) is 0 Å². The molecule has 1 aliphatic rings. The van der Waals surface area contributed by atoms with Crippen LogP contribution in [0, 0.1) is 12.8 Å². The lowest BCUT2D eigenvalue weighted by Gasteiger charge is -2.06. The van der Waals surface area contributed by atoms with Crippen LogP contribution in [-0.2, 0) is 6.54 Å². The molecule has 2 heterocycles. The highest BCUT2D eigenvalue weighted by molar-refractivity contribution is 5.18. The summed E-state index contributed by atoms with van der Waals surface area (Å²) < 4.78 is 2.09. The van der Waals surface area contributed by atoms with Crippen molar-refractivity contribution in [2.45, 2.75) is 32.4 Å². The van der Waals surface area contributed by atoms with Gasteiger partial charge in [0.15, 0.2) is 0 Å². The largest absolute Gasteiger partial charge is 0.388 e. The summed E-state index contributed by atoms with van der Waals surface area (Å²) in [6.45, 7) is 2.76. The first-order valence-corrected chi connectivity index (χ1v) is 6.48. The molecule has 0 radical (unpaired) electrons. The highest BCUT2D eigenvalue weighted by atomic mass is 16.3. The zero-order valence-corrected chi connectivity index (χ0v) is 10.6. The van der Waals surface area contributed by atoms with Gasteiger partial charge in [0.2, 0.25) is 0 Å². The number of pyridine rings is 1. The van der Waals surface area contributed by atoms with Crippen molar-refractivity contribution in [1.29, 1.82) is 0 Å². The minimum absolute atomic E-state index is 0.281. The standard InChI is InChI=1S/C15H18N2O/c1-11-3-2-4-14(16-11)10-17-8-7-13(9-17)15(18)12-5-6-12/h2-4,7-9,12,15,18H,5-6,10H2,1H3. The first-order valence-electron chi connectivity index (χ1n) is 6.48. The summed E-state index contributed by atoms with van der Waals surface area (Å²) in [6.07, 6.45) is 6.09. The van der Waals surface area contributed by atoms with Gasteiger partial charge in [0, 0.05) is 18.1 Å². The van der Waals surface area contributed by atoms with E-state index in [9.17, 15) is 5.11 Å². The first kappa shape index (κ1) is 11.5. The van der Waals surface area contributed by atoms with Crippen LogP contribution in [0.2, 0.25) is 0 Å². The molecule has 2 aromatic heterocycles. The van der Waals surface area contributed by atoms with Gasteiger partial charge in [-0.05, 0) is 49.4 Å². The highest BCUT2D eigenvalue weighted by Crippen LogP contribution is 2.40. The van der Waals surface area contributed by atoms with E-state index in [-0.39, 0.29) is 6.10 Å². The maximum Gasteiger partial charge on any atom is 0.0832 e. The van der Waals surface area contributed by atoms with E-state index in [2.05, 4.69) is 9.55 Å². The number of aliphatic hydroxyl groups is 1. The van der Waals surface area contributed by atoms with Crippen LogP contribution < -0.4 is 0 Å². The molecule has 18 heavy (non-hydrogen) atoms. The van der Waals surface area contributed by atoms with Crippen LogP contribution in [0.25, 0.3) is 0 Å². The molecule has 94 valence electrons. The fourth-order valence-electron chi connectivity index (χ4n) is 2.29. The molecular formula is C15H18N2O. The Kier molecular flexibility index (Phi) is 2.92. The Labute approximate surface area is 107 Å². The zero-order valence-electron chi connectivity index (χ0n) is 10.6. The van der Waals surface area contributed by atoms with Crippen molar-refractivity contribution in [2.24, 2.45) is 5.92 Å². The molecule has 0 spiro atoms. The Morgan fingerprint density at radius 2 is 2.22 bits per heavy atom. The minimum Gasteiger partial charge on any atom is -0.388 e. The molecule has 0 bridgehead atoms. The molecular weight excluding hydrogens is 224 g/mol. The Morgan fingerprint density at radius 1 is 1.39 bits per heavy atom. The van der Waals surface area contributed by atoms with Gasteiger partial charge >= 0.3 is 0 Å². The molecule has 1 saturated carbocycles. The number of hydrogen-bond acceptors (Lipinski definition) is 2. The maximum absolute atomic E-state index is 10.1. The molecule has 3 rings (SSSR count). The van der Waals surface area contributed by atoms with Crippen molar-refractivity contribution in [2.75, 3.05) is 0 Å². The van der Waals surface area contributed by atoms with Crippen LogP contribution in [0.3, 0.4) is 0 Å². The number of hydrogen-bond donors (Lipinski definition) is 1. The predicted octanol–water partition coefficient (Wildman–Crippen LogP) is 2.68. The molecule has 1 aliphatic carbocycles. The SMILES string of the molecule is Cc1cccc(Cn2ccc(C(O)C3CC3)c2)n1. The number of aryl methyl sites for hydroxylation is 1. The van der Waals surface area contributed by atoms with Crippen LogP contribution in [0.4, 0.5) is 0 Å². The summed E-state index contributed by atoms with van der Waals surface area (Å²) in [6, 6.07) is 8.07. The molecule has 0 amide bonds. The lowest BCUT2D eigenvalue weighted by molar-refractivity contribution is 0.154. The average Bonchev–Trinajstić information content (AvgIpc) is 3.09. The van der Waals surface area contributed by atoms with Gasteiger partial charge in [0.1, 0.15) is 0 Å². The molecule has 1 N–H and O–H groups in total. The van der Waals surface area contributed by atoms with Crippen molar-refractivity contribution in [1.82, 2.24) is 9.55 Å². The zero-order chi connectivity index (χ0) is 12.5. The first-order chi connectivity index (χ1) is 8.72. The van der Waals surface area contributed by atoms with Crippen molar-refractivity contribution in [3.05, 3.63) is 53.6 Å². The fourth-order valence-corrected chi connectivity index (χ4v) is 2.29. The number of aromatic nitrogens is 2. The van der Waals surface area contributed by atoms with E-state index in [1.165, 1.54) is 0 Å². The Morgan fingerprint density at radius 3 is 2.94 bits per heavy atom. The van der Waals surface area contributed by atoms with Gasteiger partial charge in [0.05, 0.1) is 18.3 Å². The Hall–Kier alpha value is -1.61. The van der Waals surface area contributed by atoms with Gasteiger partial charge in [-0.2, -0.15) is 0 Å². The van der Waals surface area contributed by atoms with Crippen LogP contribution in [0.15, 0.2) is 36.7 Å². The summed E-state index contributed by atoms with van der Waals surface area (Å²) in [5.41, 5.74) is 3.13. The van der Waals surface area contributed by atoms with E-state index in [0.717, 1.165) is 36.3 Å². The number of aliphatic hydroxyl groups excluding tert-OH is 1. The summed E-state index contributed by atoms with van der Waals surface area (Å²) >= 11 is 0. The summed E-state index contributed by atoms with van der Waals surface area (Å²) in [5.74, 6) is 0.484. The molecule has 2 aromatic rings. The maximum atomic E-state index is 10.1. The number of rotatable bonds is 4. The second kappa shape index (κ2) is 4.58. The van der Waals surface area contributed by atoms with E-state index < -0.39 is 0 Å². The Balaban J connectivity index is 1.73. The van der Waals surface area contributed by atoms with Gasteiger partial charge in [-0.15, -0.1) is 0 Å². The van der Waals surface area contributed by atoms with Gasteiger partial charge in [0.25, 0.3) is 0 Å². The van der Waals surface area contributed by atoms with Crippen molar-refractivity contribution in [3.8, 4) is 0 Å². The monoisotopic (exact) mass is 242 g/mol. The van der Waals surface area contributed by atoms with Crippen LogP contribution >= 0.6 is 0 Å². The average molecular weight is 242 g/mol. The van der Waals surface area contributed by atoms with E-state index in [0.29, 0.717) is 5.92 Å². The third-order valence-corrected chi connectivity index (χ3v) is 3.47. The topological polar surface area (TPSA) is 38.0 Å². The van der Waals surface area contributed by atoms with E-state index in [4.69, 9.17) is 0 Å². The predicted molar refractivity (Wildman–Crippen MR) is 70.2 cm³/mol. The molecule has 3 heteroatoms. The molecule has 0 aromatic carbocycles. The quantitative estimate of drug-likeness (QED) is 0.895. The Bertz CT molecular complexity index is 543. The van der Waals surface area contributed by atoms with Crippen LogP contribution in [-0.4, -0.2) is 14.7 Å². The van der Waals surface area contributed by atoms with Gasteiger partial charge in [-0.25, -0.2) is 0 Å². The van der Waals surface area contributed by atoms with Gasteiger partial charge in [-0.3, -0.25) is 4.98 Å².